The SMILES string of the molecule is CCOC(=O)N/C=C(\O)c1ccc(OC)c(OC)c1. The molecule has 0 aliphatic heterocycles. The molecule has 1 amide bonds. The van der Waals surface area contributed by atoms with Gasteiger partial charge in [0, 0.05) is 11.8 Å². The number of rotatable bonds is 5. The summed E-state index contributed by atoms with van der Waals surface area (Å²) in [4.78, 5) is 11.1. The van der Waals surface area contributed by atoms with Crippen molar-refractivity contribution in [3.63, 3.8) is 0 Å². The molecule has 0 fully saturated rings. The molecule has 0 aromatic heterocycles. The van der Waals surface area contributed by atoms with E-state index < -0.39 is 6.09 Å². The van der Waals surface area contributed by atoms with E-state index in [9.17, 15) is 9.90 Å². The minimum Gasteiger partial charge on any atom is -0.506 e. The number of amides is 1. The van der Waals surface area contributed by atoms with E-state index in [1.807, 2.05) is 0 Å². The molecule has 0 atom stereocenters. The number of hydrogen-bond donors (Lipinski definition) is 2. The molecule has 0 bridgehead atoms. The molecule has 0 saturated heterocycles. The van der Waals surface area contributed by atoms with Crippen LogP contribution in [-0.2, 0) is 4.74 Å². The normalized spacial score (nSPS) is 10.8. The molecular weight excluding hydrogens is 250 g/mol. The zero-order chi connectivity index (χ0) is 14.3. The predicted octanol–water partition coefficient (Wildman–Crippen LogP) is 2.31. The number of ether oxygens (including phenoxy) is 3. The van der Waals surface area contributed by atoms with Crippen LogP contribution in [0, 0.1) is 0 Å². The average Bonchev–Trinajstić information content (AvgIpc) is 2.44. The van der Waals surface area contributed by atoms with Crippen LogP contribution in [0.5, 0.6) is 11.5 Å². The zero-order valence-electron chi connectivity index (χ0n) is 11.1. The molecule has 6 heteroatoms. The number of benzene rings is 1. The summed E-state index contributed by atoms with van der Waals surface area (Å²) in [6.07, 6.45) is 0.522. The molecule has 0 heterocycles. The first-order valence-electron chi connectivity index (χ1n) is 5.67. The van der Waals surface area contributed by atoms with Gasteiger partial charge in [-0.05, 0) is 25.1 Å². The third-order valence-electron chi connectivity index (χ3n) is 2.28. The summed E-state index contributed by atoms with van der Waals surface area (Å²) in [7, 11) is 3.02. The fourth-order valence-electron chi connectivity index (χ4n) is 1.38. The van der Waals surface area contributed by atoms with E-state index in [-0.39, 0.29) is 12.4 Å². The molecule has 1 rings (SSSR count). The van der Waals surface area contributed by atoms with Crippen LogP contribution in [0.3, 0.4) is 0 Å². The first-order chi connectivity index (χ1) is 9.12. The number of carbonyl (C=O) groups is 1. The van der Waals surface area contributed by atoms with Gasteiger partial charge in [-0.25, -0.2) is 4.79 Å². The third kappa shape index (κ3) is 4.09. The zero-order valence-corrected chi connectivity index (χ0v) is 11.1. The number of aliphatic hydroxyl groups excluding tert-OH is 1. The van der Waals surface area contributed by atoms with Crippen molar-refractivity contribution in [1.29, 1.82) is 0 Å². The van der Waals surface area contributed by atoms with Crippen LogP contribution < -0.4 is 14.8 Å². The van der Waals surface area contributed by atoms with Crippen LogP contribution >= 0.6 is 0 Å². The number of nitrogens with one attached hydrogen (secondary N) is 1. The molecule has 19 heavy (non-hydrogen) atoms. The predicted molar refractivity (Wildman–Crippen MR) is 70.3 cm³/mol. The molecule has 1 aromatic carbocycles. The van der Waals surface area contributed by atoms with Gasteiger partial charge in [-0.2, -0.15) is 0 Å². The lowest BCUT2D eigenvalue weighted by Gasteiger charge is -2.09. The van der Waals surface area contributed by atoms with E-state index in [0.29, 0.717) is 17.1 Å². The third-order valence-corrected chi connectivity index (χ3v) is 2.28. The minimum absolute atomic E-state index is 0.117. The van der Waals surface area contributed by atoms with Crippen LogP contribution in [0.25, 0.3) is 5.76 Å². The Morgan fingerprint density at radius 2 is 2.00 bits per heavy atom. The van der Waals surface area contributed by atoms with Crippen molar-refractivity contribution in [1.82, 2.24) is 5.32 Å². The van der Waals surface area contributed by atoms with E-state index in [2.05, 4.69) is 10.1 Å². The highest BCUT2D eigenvalue weighted by Gasteiger charge is 2.07. The Labute approximate surface area is 111 Å². The summed E-state index contributed by atoms with van der Waals surface area (Å²) in [5.74, 6) is 0.919. The fraction of sp³-hybridized carbons (Fsp3) is 0.308. The topological polar surface area (TPSA) is 77.0 Å². The lowest BCUT2D eigenvalue weighted by molar-refractivity contribution is 0.156. The van der Waals surface area contributed by atoms with Gasteiger partial charge in [0.25, 0.3) is 0 Å². The number of methoxy groups -OCH3 is 2. The molecule has 2 N–H and O–H groups in total. The second-order valence-corrected chi connectivity index (χ2v) is 3.46. The first kappa shape index (κ1) is 14.7. The van der Waals surface area contributed by atoms with Crippen molar-refractivity contribution in [2.75, 3.05) is 20.8 Å². The second kappa shape index (κ2) is 7.15. The molecule has 6 nitrogen and oxygen atoms in total. The number of alkyl carbamates (subject to hydrolysis) is 1. The van der Waals surface area contributed by atoms with Crippen molar-refractivity contribution in [2.24, 2.45) is 0 Å². The lowest BCUT2D eigenvalue weighted by atomic mass is 10.1. The second-order valence-electron chi connectivity index (χ2n) is 3.46. The molecule has 0 aliphatic carbocycles. The van der Waals surface area contributed by atoms with Gasteiger partial charge in [0.15, 0.2) is 11.5 Å². The summed E-state index contributed by atoms with van der Waals surface area (Å²) < 4.78 is 14.9. The first-order valence-corrected chi connectivity index (χ1v) is 5.67. The fourth-order valence-corrected chi connectivity index (χ4v) is 1.38. The molecule has 0 radical (unpaired) electrons. The van der Waals surface area contributed by atoms with Gasteiger partial charge >= 0.3 is 6.09 Å². The highest BCUT2D eigenvalue weighted by Crippen LogP contribution is 2.29. The van der Waals surface area contributed by atoms with Gasteiger partial charge in [0.05, 0.1) is 20.8 Å². The number of hydrogen-bond acceptors (Lipinski definition) is 5. The van der Waals surface area contributed by atoms with Crippen LogP contribution in [0.4, 0.5) is 4.79 Å². The summed E-state index contributed by atoms with van der Waals surface area (Å²) in [6, 6.07) is 4.89. The van der Waals surface area contributed by atoms with Crippen LogP contribution in [0.1, 0.15) is 12.5 Å². The van der Waals surface area contributed by atoms with Gasteiger partial charge in [-0.15, -0.1) is 0 Å². The summed E-state index contributed by atoms with van der Waals surface area (Å²) >= 11 is 0. The molecular formula is C13H17NO5. The van der Waals surface area contributed by atoms with Gasteiger partial charge in [0.2, 0.25) is 0 Å². The molecule has 0 saturated carbocycles. The maximum absolute atomic E-state index is 11.1. The Bertz CT molecular complexity index is 470. The van der Waals surface area contributed by atoms with Gasteiger partial charge in [0.1, 0.15) is 5.76 Å². The maximum Gasteiger partial charge on any atom is 0.411 e. The van der Waals surface area contributed by atoms with E-state index in [4.69, 9.17) is 9.47 Å². The molecule has 0 unspecified atom stereocenters. The van der Waals surface area contributed by atoms with Crippen molar-refractivity contribution in [2.45, 2.75) is 6.92 Å². The lowest BCUT2D eigenvalue weighted by Crippen LogP contribution is -2.18. The minimum atomic E-state index is -0.630. The molecule has 0 spiro atoms. The van der Waals surface area contributed by atoms with Gasteiger partial charge in [-0.3, -0.25) is 5.32 Å². The standard InChI is InChI=1S/C13H17NO5/c1-4-19-13(16)14-8-10(15)9-5-6-11(17-2)12(7-9)18-3/h5-8,15H,4H2,1-3H3,(H,14,16)/b10-8-. The Balaban J connectivity index is 2.84. The van der Waals surface area contributed by atoms with Crippen molar-refractivity contribution < 1.29 is 24.1 Å². The summed E-state index contributed by atoms with van der Waals surface area (Å²) in [6.45, 7) is 1.95. The Morgan fingerprint density at radius 3 is 2.58 bits per heavy atom. The van der Waals surface area contributed by atoms with E-state index >= 15 is 0 Å². The largest absolute Gasteiger partial charge is 0.506 e. The van der Waals surface area contributed by atoms with E-state index in [0.717, 1.165) is 6.20 Å². The van der Waals surface area contributed by atoms with Crippen LogP contribution in [0.15, 0.2) is 24.4 Å². The van der Waals surface area contributed by atoms with E-state index in [1.165, 1.54) is 14.2 Å². The molecule has 104 valence electrons. The van der Waals surface area contributed by atoms with Gasteiger partial charge in [-0.1, -0.05) is 0 Å². The van der Waals surface area contributed by atoms with Crippen LogP contribution in [0.2, 0.25) is 0 Å². The Morgan fingerprint density at radius 1 is 1.32 bits per heavy atom. The average molecular weight is 267 g/mol. The maximum atomic E-state index is 11.1. The van der Waals surface area contributed by atoms with Crippen molar-refractivity contribution in [3.8, 4) is 11.5 Å². The smallest absolute Gasteiger partial charge is 0.411 e. The number of aliphatic hydroxyl groups is 1. The monoisotopic (exact) mass is 267 g/mol. The number of carbonyl (C=O) groups excluding carboxylic acids is 1. The molecule has 1 aromatic rings. The summed E-state index contributed by atoms with van der Waals surface area (Å²) in [5, 5.41) is 12.1. The highest BCUT2D eigenvalue weighted by atomic mass is 16.5. The Hall–Kier alpha value is -2.37. The van der Waals surface area contributed by atoms with Crippen molar-refractivity contribution >= 4 is 11.9 Å². The van der Waals surface area contributed by atoms with Gasteiger partial charge < -0.3 is 19.3 Å². The van der Waals surface area contributed by atoms with Crippen molar-refractivity contribution in [3.05, 3.63) is 30.0 Å². The van der Waals surface area contributed by atoms with Crippen LogP contribution in [-0.4, -0.2) is 32.0 Å². The quantitative estimate of drug-likeness (QED) is 0.800. The Kier molecular flexibility index (Phi) is 5.53. The molecule has 0 aliphatic rings. The highest BCUT2D eigenvalue weighted by molar-refractivity contribution is 5.71. The van der Waals surface area contributed by atoms with E-state index in [1.54, 1.807) is 25.1 Å². The summed E-state index contributed by atoms with van der Waals surface area (Å²) in [5.41, 5.74) is 0.481.